The van der Waals surface area contributed by atoms with Crippen molar-refractivity contribution in [2.24, 2.45) is 5.41 Å². The molecule has 0 saturated heterocycles. The zero-order valence-corrected chi connectivity index (χ0v) is 6.72. The zero-order valence-electron chi connectivity index (χ0n) is 5.91. The van der Waals surface area contributed by atoms with E-state index in [-0.39, 0.29) is 5.41 Å². The van der Waals surface area contributed by atoms with Gasteiger partial charge >= 0.3 is 0 Å². The van der Waals surface area contributed by atoms with Crippen molar-refractivity contribution in [1.29, 1.82) is 0 Å². The number of thiocarbonyl (C=S) groups is 1. The summed E-state index contributed by atoms with van der Waals surface area (Å²) in [5, 5.41) is 2.94. The molecule has 0 aromatic heterocycles. The van der Waals surface area contributed by atoms with E-state index in [1.807, 2.05) is 7.05 Å². The molecule has 1 nitrogen and oxygen atoms in total. The number of rotatable bonds is 0. The summed E-state index contributed by atoms with van der Waals surface area (Å²) < 4.78 is 0. The number of nitrogens with one attached hydrogen (secondary N) is 1. The highest BCUT2D eigenvalue weighted by Gasteiger charge is 2.14. The molecule has 0 aromatic rings. The van der Waals surface area contributed by atoms with E-state index in [0.29, 0.717) is 0 Å². The smallest absolute Gasteiger partial charge is 0.0805 e. The van der Waals surface area contributed by atoms with Crippen LogP contribution < -0.4 is 5.32 Å². The van der Waals surface area contributed by atoms with Gasteiger partial charge in [0, 0.05) is 12.5 Å². The van der Waals surface area contributed by atoms with Gasteiger partial charge in [0.25, 0.3) is 0 Å². The van der Waals surface area contributed by atoms with Crippen LogP contribution in [-0.4, -0.2) is 12.0 Å². The van der Waals surface area contributed by atoms with Crippen molar-refractivity contribution in [2.45, 2.75) is 20.8 Å². The molecule has 0 spiro atoms. The van der Waals surface area contributed by atoms with Gasteiger partial charge in [-0.2, -0.15) is 0 Å². The van der Waals surface area contributed by atoms with Gasteiger partial charge < -0.3 is 5.32 Å². The van der Waals surface area contributed by atoms with Gasteiger partial charge in [0.2, 0.25) is 0 Å². The molecule has 0 rings (SSSR count). The summed E-state index contributed by atoms with van der Waals surface area (Å²) in [5.41, 5.74) is 0.129. The molecule has 0 aliphatic heterocycles. The molecule has 0 aromatic carbocycles. The molecule has 0 bridgehead atoms. The maximum absolute atomic E-state index is 4.98. The molecule has 0 amide bonds. The van der Waals surface area contributed by atoms with Gasteiger partial charge in [-0.25, -0.2) is 0 Å². The zero-order chi connectivity index (χ0) is 6.78. The van der Waals surface area contributed by atoms with E-state index in [9.17, 15) is 0 Å². The molecule has 8 heavy (non-hydrogen) atoms. The first-order valence-corrected chi connectivity index (χ1v) is 3.11. The van der Waals surface area contributed by atoms with Crippen LogP contribution in [0.4, 0.5) is 0 Å². The molecule has 1 N–H and O–H groups in total. The van der Waals surface area contributed by atoms with Gasteiger partial charge in [0.15, 0.2) is 0 Å². The molecule has 0 unspecified atom stereocenters. The Balaban J connectivity index is 3.82. The summed E-state index contributed by atoms with van der Waals surface area (Å²) in [6.07, 6.45) is 0. The van der Waals surface area contributed by atoms with Gasteiger partial charge in [-0.1, -0.05) is 33.0 Å². The van der Waals surface area contributed by atoms with Gasteiger partial charge in [-0.05, 0) is 0 Å². The van der Waals surface area contributed by atoms with Crippen molar-refractivity contribution in [2.75, 3.05) is 7.05 Å². The first-order chi connectivity index (χ1) is 3.48. The molecule has 2 heteroatoms. The van der Waals surface area contributed by atoms with Crippen molar-refractivity contribution >= 4 is 17.2 Å². The Morgan fingerprint density at radius 1 is 1.38 bits per heavy atom. The lowest BCUT2D eigenvalue weighted by Gasteiger charge is -2.18. The number of hydrogen-bond donors (Lipinski definition) is 1. The van der Waals surface area contributed by atoms with Crippen LogP contribution in [0, 0.1) is 5.41 Å². The monoisotopic (exact) mass is 131 g/mol. The van der Waals surface area contributed by atoms with Crippen LogP contribution in [0.5, 0.6) is 0 Å². The van der Waals surface area contributed by atoms with Crippen LogP contribution in [0.3, 0.4) is 0 Å². The van der Waals surface area contributed by atoms with Gasteiger partial charge in [-0.3, -0.25) is 0 Å². The van der Waals surface area contributed by atoms with Crippen LogP contribution in [0.25, 0.3) is 0 Å². The second kappa shape index (κ2) is 2.44. The van der Waals surface area contributed by atoms with E-state index in [4.69, 9.17) is 12.2 Å². The minimum absolute atomic E-state index is 0.129. The second-order valence-electron chi connectivity index (χ2n) is 2.83. The Morgan fingerprint density at radius 3 is 1.75 bits per heavy atom. The molecule has 48 valence electrons. The van der Waals surface area contributed by atoms with Crippen molar-refractivity contribution in [3.8, 4) is 0 Å². The van der Waals surface area contributed by atoms with E-state index >= 15 is 0 Å². The normalized spacial score (nSPS) is 11.0. The van der Waals surface area contributed by atoms with Gasteiger partial charge in [0.05, 0.1) is 4.99 Å². The summed E-state index contributed by atoms with van der Waals surface area (Å²) in [7, 11) is 1.85. The first-order valence-electron chi connectivity index (χ1n) is 2.70. The van der Waals surface area contributed by atoms with E-state index in [1.165, 1.54) is 0 Å². The Kier molecular flexibility index (Phi) is 2.41. The second-order valence-corrected chi connectivity index (χ2v) is 3.24. The quantitative estimate of drug-likeness (QED) is 0.501. The number of hydrogen-bond acceptors (Lipinski definition) is 1. The van der Waals surface area contributed by atoms with Crippen LogP contribution >= 0.6 is 12.2 Å². The molecular weight excluding hydrogens is 118 g/mol. The van der Waals surface area contributed by atoms with Gasteiger partial charge in [-0.15, -0.1) is 0 Å². The molecule has 0 saturated carbocycles. The highest BCUT2D eigenvalue weighted by Crippen LogP contribution is 2.13. The topological polar surface area (TPSA) is 12.0 Å². The van der Waals surface area contributed by atoms with Crippen molar-refractivity contribution in [1.82, 2.24) is 5.32 Å². The van der Waals surface area contributed by atoms with Crippen molar-refractivity contribution in [3.63, 3.8) is 0 Å². The lowest BCUT2D eigenvalue weighted by Crippen LogP contribution is -2.29. The molecule has 0 aliphatic carbocycles. The lowest BCUT2D eigenvalue weighted by atomic mass is 9.97. The summed E-state index contributed by atoms with van der Waals surface area (Å²) in [4.78, 5) is 0.914. The third-order valence-electron chi connectivity index (χ3n) is 0.908. The fourth-order valence-electron chi connectivity index (χ4n) is 0.375. The maximum atomic E-state index is 4.98. The molecule has 0 heterocycles. The minimum Gasteiger partial charge on any atom is -0.382 e. The Labute approximate surface area is 56.5 Å². The predicted molar refractivity (Wildman–Crippen MR) is 41.1 cm³/mol. The Morgan fingerprint density at radius 2 is 1.75 bits per heavy atom. The minimum atomic E-state index is 0.129. The predicted octanol–water partition coefficient (Wildman–Crippen LogP) is 1.58. The summed E-state index contributed by atoms with van der Waals surface area (Å²) in [6.45, 7) is 6.27. The van der Waals surface area contributed by atoms with Crippen molar-refractivity contribution < 1.29 is 0 Å². The summed E-state index contributed by atoms with van der Waals surface area (Å²) >= 11 is 4.98. The van der Waals surface area contributed by atoms with E-state index in [2.05, 4.69) is 26.1 Å². The van der Waals surface area contributed by atoms with Crippen LogP contribution in [0.15, 0.2) is 0 Å². The van der Waals surface area contributed by atoms with Crippen LogP contribution in [-0.2, 0) is 0 Å². The molecule has 0 radical (unpaired) electrons. The fourth-order valence-corrected chi connectivity index (χ4v) is 0.375. The molecule has 0 atom stereocenters. The van der Waals surface area contributed by atoms with Crippen molar-refractivity contribution in [3.05, 3.63) is 0 Å². The first kappa shape index (κ1) is 7.89. The van der Waals surface area contributed by atoms with Crippen LogP contribution in [0.2, 0.25) is 0 Å². The summed E-state index contributed by atoms with van der Waals surface area (Å²) in [5.74, 6) is 0. The largest absolute Gasteiger partial charge is 0.382 e. The fraction of sp³-hybridized carbons (Fsp3) is 0.833. The standard InChI is InChI=1S/C6H13NS/c1-6(2,3)5(8)7-4/h1-4H3,(H,7,8). The highest BCUT2D eigenvalue weighted by molar-refractivity contribution is 7.80. The van der Waals surface area contributed by atoms with E-state index < -0.39 is 0 Å². The maximum Gasteiger partial charge on any atom is 0.0805 e. The van der Waals surface area contributed by atoms with Crippen LogP contribution in [0.1, 0.15) is 20.8 Å². The lowest BCUT2D eigenvalue weighted by molar-refractivity contribution is 0.584. The molecule has 0 fully saturated rings. The molecular formula is C6H13NS. The average Bonchev–Trinajstić information content (AvgIpc) is 1.62. The summed E-state index contributed by atoms with van der Waals surface area (Å²) in [6, 6.07) is 0. The van der Waals surface area contributed by atoms with Gasteiger partial charge in [0.1, 0.15) is 0 Å². The van der Waals surface area contributed by atoms with E-state index in [0.717, 1.165) is 4.99 Å². The third-order valence-corrected chi connectivity index (χ3v) is 1.72. The SMILES string of the molecule is CNC(=S)C(C)(C)C. The third kappa shape index (κ3) is 2.26. The average molecular weight is 131 g/mol. The Hall–Kier alpha value is -0.110. The van der Waals surface area contributed by atoms with E-state index in [1.54, 1.807) is 0 Å². The Bertz CT molecular complexity index is 91.2. The highest BCUT2D eigenvalue weighted by atomic mass is 32.1. The molecule has 0 aliphatic rings.